The van der Waals surface area contributed by atoms with Gasteiger partial charge >= 0.3 is 5.97 Å². The second-order valence-electron chi connectivity index (χ2n) is 6.17. The van der Waals surface area contributed by atoms with E-state index in [-0.39, 0.29) is 0 Å². The molecule has 7 heteroatoms. The number of nitriles is 1. The molecule has 1 N–H and O–H groups in total. The van der Waals surface area contributed by atoms with Crippen molar-refractivity contribution in [3.8, 4) is 6.07 Å². The van der Waals surface area contributed by atoms with Gasteiger partial charge in [-0.1, -0.05) is 6.92 Å². The molecule has 1 unspecified atom stereocenters. The molecule has 0 saturated carbocycles. The largest absolute Gasteiger partial charge is 0.465 e. The number of anilines is 1. The van der Waals surface area contributed by atoms with Gasteiger partial charge < -0.3 is 14.5 Å². The Bertz CT molecular complexity index is 874. The van der Waals surface area contributed by atoms with Crippen molar-refractivity contribution in [1.29, 1.82) is 5.26 Å². The third-order valence-corrected chi connectivity index (χ3v) is 5.32. The topological polar surface area (TPSA) is 92.3 Å². The van der Waals surface area contributed by atoms with Gasteiger partial charge in [-0.2, -0.15) is 5.26 Å². The molecule has 2 aromatic rings. The lowest BCUT2D eigenvalue weighted by molar-refractivity contribution is -0.142. The minimum atomic E-state index is -0.642. The van der Waals surface area contributed by atoms with E-state index in [0.717, 1.165) is 29.7 Å². The average molecular weight is 370 g/mol. The van der Waals surface area contributed by atoms with Gasteiger partial charge in [0.2, 0.25) is 0 Å². The van der Waals surface area contributed by atoms with E-state index in [0.29, 0.717) is 22.2 Å². The Morgan fingerprint density at radius 1 is 1.54 bits per heavy atom. The van der Waals surface area contributed by atoms with Crippen LogP contribution >= 0.6 is 11.3 Å². The van der Waals surface area contributed by atoms with Crippen molar-refractivity contribution in [3.05, 3.63) is 46.2 Å². The highest BCUT2D eigenvalue weighted by Crippen LogP contribution is 2.39. The first-order chi connectivity index (χ1) is 12.6. The van der Waals surface area contributed by atoms with E-state index < -0.39 is 18.5 Å². The van der Waals surface area contributed by atoms with E-state index >= 15 is 0 Å². The number of nitrogens with zero attached hydrogens (tertiary/aromatic N) is 1. The quantitative estimate of drug-likeness (QED) is 0.642. The second kappa shape index (κ2) is 8.02. The molecule has 1 atom stereocenters. The zero-order valence-electron chi connectivity index (χ0n) is 14.3. The van der Waals surface area contributed by atoms with Gasteiger partial charge in [-0.3, -0.25) is 4.79 Å². The number of nitrogens with one attached hydrogen (secondary N) is 1. The van der Waals surface area contributed by atoms with Crippen LogP contribution in [0.5, 0.6) is 0 Å². The normalized spacial score (nSPS) is 16.1. The number of carbonyl (C=O) groups excluding carboxylic acids is 2. The van der Waals surface area contributed by atoms with Crippen LogP contribution in [-0.4, -0.2) is 18.5 Å². The third-order valence-electron chi connectivity index (χ3n) is 4.15. The van der Waals surface area contributed by atoms with Gasteiger partial charge in [0.1, 0.15) is 16.8 Å². The molecular weight excluding hydrogens is 352 g/mol. The van der Waals surface area contributed by atoms with Crippen molar-refractivity contribution in [2.75, 3.05) is 11.9 Å². The van der Waals surface area contributed by atoms with Crippen molar-refractivity contribution >= 4 is 34.3 Å². The first-order valence-corrected chi connectivity index (χ1v) is 9.11. The Labute approximate surface area is 155 Å². The summed E-state index contributed by atoms with van der Waals surface area (Å²) in [6.45, 7) is 1.77. The van der Waals surface area contributed by atoms with Crippen LogP contribution in [0.2, 0.25) is 0 Å². The van der Waals surface area contributed by atoms with Crippen molar-refractivity contribution in [3.63, 3.8) is 0 Å². The van der Waals surface area contributed by atoms with Crippen LogP contribution in [0.3, 0.4) is 0 Å². The van der Waals surface area contributed by atoms with Crippen molar-refractivity contribution in [1.82, 2.24) is 0 Å². The number of carbonyl (C=O) groups is 2. The van der Waals surface area contributed by atoms with Gasteiger partial charge in [0, 0.05) is 11.0 Å². The third kappa shape index (κ3) is 4.21. The van der Waals surface area contributed by atoms with Crippen LogP contribution < -0.4 is 5.32 Å². The zero-order valence-corrected chi connectivity index (χ0v) is 15.1. The number of hydrogen-bond donors (Lipinski definition) is 1. The van der Waals surface area contributed by atoms with Gasteiger partial charge in [-0.05, 0) is 49.0 Å². The number of rotatable bonds is 5. The van der Waals surface area contributed by atoms with Gasteiger partial charge in [0.25, 0.3) is 5.91 Å². The number of esters is 1. The lowest BCUT2D eigenvalue weighted by atomic mass is 9.89. The van der Waals surface area contributed by atoms with Gasteiger partial charge in [0.05, 0.1) is 11.8 Å². The van der Waals surface area contributed by atoms with Crippen LogP contribution in [0.25, 0.3) is 6.08 Å². The monoisotopic (exact) mass is 370 g/mol. The number of amides is 1. The summed E-state index contributed by atoms with van der Waals surface area (Å²) in [6.07, 6.45) is 6.98. The molecule has 0 spiro atoms. The molecule has 3 rings (SSSR count). The Hall–Kier alpha value is -2.85. The summed E-state index contributed by atoms with van der Waals surface area (Å²) in [4.78, 5) is 24.9. The summed E-state index contributed by atoms with van der Waals surface area (Å²) in [5.74, 6) is -0.00847. The number of fused-ring (bicyclic) bond motifs is 1. The van der Waals surface area contributed by atoms with Gasteiger partial charge in [0.15, 0.2) is 6.61 Å². The zero-order chi connectivity index (χ0) is 18.5. The molecule has 1 aliphatic rings. The molecule has 0 saturated heterocycles. The number of thiophene rings is 1. The predicted octanol–water partition coefficient (Wildman–Crippen LogP) is 3.53. The van der Waals surface area contributed by atoms with E-state index in [2.05, 4.69) is 18.3 Å². The summed E-state index contributed by atoms with van der Waals surface area (Å²) < 4.78 is 9.97. The highest BCUT2D eigenvalue weighted by Gasteiger charge is 2.24. The van der Waals surface area contributed by atoms with Crippen LogP contribution in [0.4, 0.5) is 5.00 Å². The van der Waals surface area contributed by atoms with E-state index in [9.17, 15) is 14.9 Å². The van der Waals surface area contributed by atoms with Crippen molar-refractivity contribution < 1.29 is 18.7 Å². The lowest BCUT2D eigenvalue weighted by Gasteiger charge is -2.17. The Morgan fingerprint density at radius 3 is 3.12 bits per heavy atom. The van der Waals surface area contributed by atoms with Crippen molar-refractivity contribution in [2.45, 2.75) is 26.2 Å². The molecule has 6 nitrogen and oxygen atoms in total. The molecule has 26 heavy (non-hydrogen) atoms. The van der Waals surface area contributed by atoms with Crippen molar-refractivity contribution in [2.24, 2.45) is 5.92 Å². The number of furan rings is 1. The fraction of sp³-hybridized carbons (Fsp3) is 0.316. The summed E-state index contributed by atoms with van der Waals surface area (Å²) in [5, 5.41) is 12.7. The van der Waals surface area contributed by atoms with Crippen LogP contribution in [0, 0.1) is 17.2 Å². The van der Waals surface area contributed by atoms with Gasteiger partial charge in [-0.25, -0.2) is 4.79 Å². The lowest BCUT2D eigenvalue weighted by Crippen LogP contribution is -2.20. The van der Waals surface area contributed by atoms with Crippen LogP contribution in [0.1, 0.15) is 35.1 Å². The molecule has 2 aromatic heterocycles. The molecule has 0 aliphatic heterocycles. The summed E-state index contributed by atoms with van der Waals surface area (Å²) in [5.41, 5.74) is 1.58. The maximum absolute atomic E-state index is 12.1. The molecule has 1 aliphatic carbocycles. The maximum atomic E-state index is 12.1. The maximum Gasteiger partial charge on any atom is 0.331 e. The van der Waals surface area contributed by atoms with E-state index in [1.807, 2.05) is 0 Å². The smallest absolute Gasteiger partial charge is 0.331 e. The van der Waals surface area contributed by atoms with E-state index in [1.54, 1.807) is 12.1 Å². The summed E-state index contributed by atoms with van der Waals surface area (Å²) in [7, 11) is 0. The van der Waals surface area contributed by atoms with E-state index in [1.165, 1.54) is 29.8 Å². The van der Waals surface area contributed by atoms with Gasteiger partial charge in [-0.15, -0.1) is 11.3 Å². The predicted molar refractivity (Wildman–Crippen MR) is 97.6 cm³/mol. The summed E-state index contributed by atoms with van der Waals surface area (Å²) in [6, 6.07) is 5.59. The van der Waals surface area contributed by atoms with Crippen LogP contribution in [0.15, 0.2) is 28.9 Å². The standard InChI is InChI=1S/C19H18N2O4S/c1-12-4-6-14-15(10-20)19(26-16(14)9-12)21-17(22)11-25-18(23)7-5-13-3-2-8-24-13/h2-3,5,7-8,12H,4,6,9,11H2,1H3,(H,21,22). The fourth-order valence-electron chi connectivity index (χ4n) is 2.84. The minimum Gasteiger partial charge on any atom is -0.465 e. The molecule has 1 amide bonds. The first kappa shape index (κ1) is 18.0. The molecule has 0 radical (unpaired) electrons. The highest BCUT2D eigenvalue weighted by atomic mass is 32.1. The SMILES string of the molecule is CC1CCc2c(sc(NC(=O)COC(=O)C=Cc3ccco3)c2C#N)C1. The highest BCUT2D eigenvalue weighted by molar-refractivity contribution is 7.16. The molecule has 0 bridgehead atoms. The molecule has 0 aromatic carbocycles. The molecule has 134 valence electrons. The minimum absolute atomic E-state index is 0.412. The molecule has 0 fully saturated rings. The van der Waals surface area contributed by atoms with Crippen LogP contribution in [-0.2, 0) is 27.2 Å². The Balaban J connectivity index is 1.57. The average Bonchev–Trinajstić information content (AvgIpc) is 3.24. The second-order valence-corrected chi connectivity index (χ2v) is 7.28. The Kier molecular flexibility index (Phi) is 5.54. The Morgan fingerprint density at radius 2 is 2.38 bits per heavy atom. The molecule has 2 heterocycles. The molecular formula is C19H18N2O4S. The fourth-order valence-corrected chi connectivity index (χ4v) is 4.22. The van der Waals surface area contributed by atoms with E-state index in [4.69, 9.17) is 9.15 Å². The number of ether oxygens (including phenoxy) is 1. The summed E-state index contributed by atoms with van der Waals surface area (Å²) >= 11 is 1.44. The number of hydrogen-bond acceptors (Lipinski definition) is 6. The first-order valence-electron chi connectivity index (χ1n) is 8.29.